The second kappa shape index (κ2) is 12.4. The zero-order valence-electron chi connectivity index (χ0n) is 25.7. The first-order valence-electron chi connectivity index (χ1n) is 16.1. The van der Waals surface area contributed by atoms with Gasteiger partial charge in [0, 0.05) is 68.7 Å². The molecule has 4 fully saturated rings. The minimum absolute atomic E-state index is 0.0849. The molecule has 3 atom stereocenters. The van der Waals surface area contributed by atoms with E-state index in [1.54, 1.807) is 10.7 Å². The predicted octanol–water partition coefficient (Wildman–Crippen LogP) is 4.43. The van der Waals surface area contributed by atoms with E-state index < -0.39 is 24.4 Å². The van der Waals surface area contributed by atoms with Gasteiger partial charge in [0.05, 0.1) is 13.3 Å². The van der Waals surface area contributed by atoms with Crippen LogP contribution < -0.4 is 15.5 Å². The summed E-state index contributed by atoms with van der Waals surface area (Å²) in [6, 6.07) is 4.91. The van der Waals surface area contributed by atoms with Gasteiger partial charge in [0.25, 0.3) is 0 Å². The number of rotatable bonds is 7. The van der Waals surface area contributed by atoms with E-state index in [9.17, 15) is 23.2 Å². The Morgan fingerprint density at radius 3 is 2.72 bits per heavy atom. The Bertz CT molecular complexity index is 1390. The van der Waals surface area contributed by atoms with Gasteiger partial charge in [0.2, 0.25) is 12.3 Å². The first-order valence-corrected chi connectivity index (χ1v) is 15.6. The lowest BCUT2D eigenvalue weighted by atomic mass is 9.59. The monoisotopic (exact) mass is 597 g/mol. The zero-order chi connectivity index (χ0) is 31.0. The number of hydrogen-bond acceptors (Lipinski definition) is 6. The fourth-order valence-electron chi connectivity index (χ4n) is 8.00. The number of benzene rings is 1. The lowest BCUT2D eigenvalue weighted by Gasteiger charge is -2.49. The summed E-state index contributed by atoms with van der Waals surface area (Å²) in [5, 5.41) is 9.96. The molecule has 4 heterocycles. The highest BCUT2D eigenvalue weighted by Crippen LogP contribution is 2.49. The van der Waals surface area contributed by atoms with Gasteiger partial charge >= 0.3 is 6.03 Å². The molecule has 1 saturated carbocycles. The molecule has 1 aliphatic carbocycles. The van der Waals surface area contributed by atoms with E-state index in [4.69, 9.17) is 1.37 Å². The number of anilines is 1. The summed E-state index contributed by atoms with van der Waals surface area (Å²) >= 11 is 0. The molecule has 6 rings (SSSR count). The Balaban J connectivity index is 1.10. The third kappa shape index (κ3) is 6.11. The van der Waals surface area contributed by atoms with Crippen molar-refractivity contribution in [3.8, 4) is 0 Å². The van der Waals surface area contributed by atoms with Gasteiger partial charge in [-0.1, -0.05) is 12.1 Å². The Morgan fingerprint density at radius 1 is 1.19 bits per heavy atom. The zero-order valence-corrected chi connectivity index (χ0v) is 24.7. The minimum atomic E-state index is -2.45. The van der Waals surface area contributed by atoms with E-state index in [-0.39, 0.29) is 42.0 Å². The van der Waals surface area contributed by atoms with Gasteiger partial charge in [0.1, 0.15) is 0 Å². The topological polar surface area (TPSA) is 99.6 Å². The number of aromatic nitrogens is 2. The lowest BCUT2D eigenvalue weighted by molar-refractivity contribution is -0.120. The summed E-state index contributed by atoms with van der Waals surface area (Å²) in [6.45, 7) is 5.50. The van der Waals surface area contributed by atoms with Gasteiger partial charge < -0.3 is 10.2 Å². The minimum Gasteiger partial charge on any atom is -0.316 e. The van der Waals surface area contributed by atoms with Crippen LogP contribution in [0.25, 0.3) is 0 Å². The highest BCUT2D eigenvalue weighted by atomic mass is 19.3. The fraction of sp³-hybridized carbons (Fsp3) is 0.625. The van der Waals surface area contributed by atoms with Crippen molar-refractivity contribution in [2.24, 2.45) is 23.2 Å². The van der Waals surface area contributed by atoms with Crippen LogP contribution in [0.3, 0.4) is 0 Å². The Labute approximate surface area is 252 Å². The number of piperidine rings is 2. The van der Waals surface area contributed by atoms with Gasteiger partial charge in [0.15, 0.2) is 5.78 Å². The highest BCUT2D eigenvalue weighted by Gasteiger charge is 2.47. The molecule has 1 aromatic heterocycles. The van der Waals surface area contributed by atoms with E-state index in [2.05, 4.69) is 20.6 Å². The van der Waals surface area contributed by atoms with E-state index >= 15 is 0 Å². The average Bonchev–Trinajstić information content (AvgIpc) is 3.45. The molecule has 3 aliphatic heterocycles. The number of carbonyl (C=O) groups excluding carboxylic acids is 3. The van der Waals surface area contributed by atoms with Crippen LogP contribution in [0, 0.1) is 30.1 Å². The van der Waals surface area contributed by atoms with Crippen LogP contribution in [-0.2, 0) is 4.79 Å². The number of likely N-dealkylation sites (tertiary alicyclic amines) is 1. The Morgan fingerprint density at radius 2 is 2.00 bits per heavy atom. The molecule has 0 radical (unpaired) electrons. The van der Waals surface area contributed by atoms with Crippen LogP contribution in [0.15, 0.2) is 36.6 Å². The maximum Gasteiger partial charge on any atom is 0.328 e. The summed E-state index contributed by atoms with van der Waals surface area (Å²) in [5.41, 5.74) is 2.00. The van der Waals surface area contributed by atoms with Gasteiger partial charge in [-0.3, -0.25) is 24.5 Å². The van der Waals surface area contributed by atoms with Crippen LogP contribution in [0.1, 0.15) is 68.3 Å². The van der Waals surface area contributed by atoms with Crippen LogP contribution in [0.4, 0.5) is 19.3 Å². The quantitative estimate of drug-likeness (QED) is 0.458. The molecule has 9 nitrogen and oxygen atoms in total. The SMILES string of the molecule is [2H]c1cnn(C2CCN(CC3CCC4(CCNCC4C(=O)c4ccc(C)c(N5CCC(=O)NC5=O)c4)CC3)CC2C(F)F)c1. The van der Waals surface area contributed by atoms with E-state index in [1.165, 1.54) is 17.3 Å². The molecule has 3 unspecified atom stereocenters. The first-order chi connectivity index (χ1) is 21.1. The van der Waals surface area contributed by atoms with Crippen LogP contribution in [-0.4, -0.2) is 78.1 Å². The third-order valence-corrected chi connectivity index (χ3v) is 10.5. The summed E-state index contributed by atoms with van der Waals surface area (Å²) < 4.78 is 37.5. The molecule has 3 saturated heterocycles. The number of urea groups is 1. The molecule has 11 heteroatoms. The molecule has 232 valence electrons. The number of nitrogens with one attached hydrogen (secondary N) is 2. The number of ketones is 1. The Kier molecular flexibility index (Phi) is 8.27. The number of alkyl halides is 2. The molecular weight excluding hydrogens is 554 g/mol. The number of imide groups is 1. The molecule has 3 amide bonds. The van der Waals surface area contributed by atoms with Crippen molar-refractivity contribution in [3.63, 3.8) is 0 Å². The molecule has 1 spiro atoms. The van der Waals surface area contributed by atoms with Crippen molar-refractivity contribution in [1.29, 1.82) is 0 Å². The molecule has 43 heavy (non-hydrogen) atoms. The number of amides is 3. The number of nitrogens with zero attached hydrogens (tertiary/aromatic N) is 4. The van der Waals surface area contributed by atoms with Crippen molar-refractivity contribution in [3.05, 3.63) is 47.8 Å². The molecule has 1 aromatic carbocycles. The van der Waals surface area contributed by atoms with E-state index in [1.807, 2.05) is 19.1 Å². The number of Topliss-reactive ketones (excluding diaryl/α,β-unsaturated/α-hetero) is 1. The standard InChI is InChI=1S/C32H42F2N6O3/c1-21-3-4-23(17-27(21)39-16-8-28(41)37-31(39)43)29(42)25-18-35-13-11-32(25)9-5-22(6-10-32)19-38-15-7-26(24(20-38)30(33)34)40-14-2-12-36-40/h2-4,12,14,17,22,24-26,30,35H,5-11,13,15-16,18-20H2,1H3,(H,37,41,43)/i2D. The largest absolute Gasteiger partial charge is 0.328 e. The maximum atomic E-state index is 14.1. The summed E-state index contributed by atoms with van der Waals surface area (Å²) in [6.07, 6.45) is 6.01. The van der Waals surface area contributed by atoms with E-state index in [0.29, 0.717) is 36.7 Å². The van der Waals surface area contributed by atoms with Gasteiger partial charge in [-0.05, 0) is 81.0 Å². The van der Waals surface area contributed by atoms with Crippen LogP contribution in [0.5, 0.6) is 0 Å². The number of aryl methyl sites for hydroxylation is 1. The predicted molar refractivity (Wildman–Crippen MR) is 158 cm³/mol. The number of carbonyl (C=O) groups is 3. The highest BCUT2D eigenvalue weighted by molar-refractivity contribution is 6.07. The van der Waals surface area contributed by atoms with Gasteiger partial charge in [-0.2, -0.15) is 5.10 Å². The summed E-state index contributed by atoms with van der Waals surface area (Å²) in [7, 11) is 0. The molecule has 4 aliphatic rings. The lowest BCUT2D eigenvalue weighted by Crippen LogP contribution is -2.51. The van der Waals surface area contributed by atoms with Crippen molar-refractivity contribution in [2.45, 2.75) is 64.3 Å². The van der Waals surface area contributed by atoms with E-state index in [0.717, 1.165) is 57.3 Å². The van der Waals surface area contributed by atoms with Gasteiger partial charge in [-0.15, -0.1) is 0 Å². The Hall–Kier alpha value is -3.18. The first kappa shape index (κ1) is 28.6. The molecular formula is C32H42F2N6O3. The van der Waals surface area contributed by atoms with Crippen molar-refractivity contribution < 1.29 is 24.5 Å². The second-order valence-corrected chi connectivity index (χ2v) is 13.0. The van der Waals surface area contributed by atoms with Crippen molar-refractivity contribution in [1.82, 2.24) is 25.3 Å². The normalized spacial score (nSPS) is 30.9. The average molecular weight is 598 g/mol. The number of hydrogen-bond donors (Lipinski definition) is 2. The second-order valence-electron chi connectivity index (χ2n) is 13.0. The van der Waals surface area contributed by atoms with Crippen molar-refractivity contribution >= 4 is 23.4 Å². The molecule has 2 aromatic rings. The smallest absolute Gasteiger partial charge is 0.316 e. The van der Waals surface area contributed by atoms with Crippen LogP contribution >= 0.6 is 0 Å². The fourth-order valence-corrected chi connectivity index (χ4v) is 8.00. The summed E-state index contributed by atoms with van der Waals surface area (Å²) in [5.74, 6) is -0.809. The molecule has 2 N–H and O–H groups in total. The number of halogens is 2. The van der Waals surface area contributed by atoms with Crippen molar-refractivity contribution in [2.75, 3.05) is 44.2 Å². The van der Waals surface area contributed by atoms with Gasteiger partial charge in [-0.25, -0.2) is 13.6 Å². The van der Waals surface area contributed by atoms with Crippen LogP contribution in [0.2, 0.25) is 0 Å². The third-order valence-electron chi connectivity index (χ3n) is 10.5. The maximum absolute atomic E-state index is 14.1. The summed E-state index contributed by atoms with van der Waals surface area (Å²) in [4.78, 5) is 42.0. The molecule has 0 bridgehead atoms.